The zero-order valence-corrected chi connectivity index (χ0v) is 17.5. The van der Waals surface area contributed by atoms with Crippen LogP contribution in [0.2, 0.25) is 5.02 Å². The molecule has 2 N–H and O–H groups in total. The van der Waals surface area contributed by atoms with Crippen LogP contribution in [0.15, 0.2) is 36.8 Å². The van der Waals surface area contributed by atoms with Gasteiger partial charge in [0.25, 0.3) is 5.91 Å². The Kier molecular flexibility index (Phi) is 5.83. The minimum Gasteiger partial charge on any atom is -0.361 e. The van der Waals surface area contributed by atoms with Crippen molar-refractivity contribution in [2.75, 3.05) is 13.1 Å². The summed E-state index contributed by atoms with van der Waals surface area (Å²) in [5, 5.41) is 4.43. The van der Waals surface area contributed by atoms with Gasteiger partial charge in [0.15, 0.2) is 0 Å². The van der Waals surface area contributed by atoms with E-state index in [-0.39, 0.29) is 11.9 Å². The predicted molar refractivity (Wildman–Crippen MR) is 115 cm³/mol. The molecule has 4 rings (SSSR count). The molecular formula is C22H26ClN5O. The van der Waals surface area contributed by atoms with Crippen molar-refractivity contribution in [2.45, 2.75) is 45.2 Å². The van der Waals surface area contributed by atoms with E-state index in [9.17, 15) is 4.79 Å². The maximum absolute atomic E-state index is 12.9. The molecule has 1 saturated heterocycles. The number of fused-ring (bicyclic) bond motifs is 1. The average Bonchev–Trinajstić information content (AvgIpc) is 3.20. The number of halogens is 1. The Labute approximate surface area is 175 Å². The lowest BCUT2D eigenvalue weighted by Crippen LogP contribution is -2.45. The van der Waals surface area contributed by atoms with Crippen LogP contribution >= 0.6 is 11.6 Å². The third-order valence-electron chi connectivity index (χ3n) is 5.81. The van der Waals surface area contributed by atoms with Crippen LogP contribution in [0.5, 0.6) is 0 Å². The van der Waals surface area contributed by atoms with E-state index in [1.807, 2.05) is 37.6 Å². The van der Waals surface area contributed by atoms with E-state index in [4.69, 9.17) is 11.6 Å². The molecular weight excluding hydrogens is 386 g/mol. The standard InChI is InChI=1S/C22H26ClN5O/c1-14-5-3-4-10-28(14)20(16-11-25-15(2)26-12-16)13-27-22(29)18-6-7-19-17(21(18)23)8-9-24-19/h6-9,11-12,14,20,24H,3-5,10,13H2,1-2H3,(H,27,29)/t14?,20-/m0/s1. The normalized spacial score (nSPS) is 18.7. The molecule has 3 aromatic rings. The number of nitrogens with zero attached hydrogens (tertiary/aromatic N) is 3. The molecule has 0 saturated carbocycles. The molecule has 1 amide bonds. The fraction of sp³-hybridized carbons (Fsp3) is 0.409. The van der Waals surface area contributed by atoms with Crippen LogP contribution in [-0.2, 0) is 0 Å². The minimum atomic E-state index is -0.166. The first kappa shape index (κ1) is 19.9. The van der Waals surface area contributed by atoms with Crippen molar-refractivity contribution in [3.63, 3.8) is 0 Å². The molecule has 3 heterocycles. The van der Waals surface area contributed by atoms with Crippen molar-refractivity contribution in [3.05, 3.63) is 58.8 Å². The quantitative estimate of drug-likeness (QED) is 0.657. The van der Waals surface area contributed by atoms with Gasteiger partial charge in [-0.15, -0.1) is 0 Å². The van der Waals surface area contributed by atoms with E-state index in [2.05, 4.69) is 32.1 Å². The Morgan fingerprint density at radius 2 is 2.10 bits per heavy atom. The Balaban J connectivity index is 1.56. The highest BCUT2D eigenvalue weighted by atomic mass is 35.5. The van der Waals surface area contributed by atoms with Gasteiger partial charge in [-0.05, 0) is 51.4 Å². The molecule has 2 aromatic heterocycles. The smallest absolute Gasteiger partial charge is 0.252 e. The van der Waals surface area contributed by atoms with Crippen molar-refractivity contribution >= 4 is 28.4 Å². The molecule has 0 spiro atoms. The van der Waals surface area contributed by atoms with Crippen LogP contribution in [0.4, 0.5) is 0 Å². The number of amides is 1. The average molecular weight is 412 g/mol. The second-order valence-corrected chi connectivity index (χ2v) is 8.12. The van der Waals surface area contributed by atoms with E-state index in [0.29, 0.717) is 23.2 Å². The van der Waals surface area contributed by atoms with E-state index in [0.717, 1.165) is 41.7 Å². The summed E-state index contributed by atoms with van der Waals surface area (Å²) in [7, 11) is 0. The highest BCUT2D eigenvalue weighted by Crippen LogP contribution is 2.29. The molecule has 1 aliphatic heterocycles. The van der Waals surface area contributed by atoms with Crippen molar-refractivity contribution in [1.82, 2.24) is 25.2 Å². The Morgan fingerprint density at radius 1 is 1.31 bits per heavy atom. The van der Waals surface area contributed by atoms with Crippen LogP contribution in [0.3, 0.4) is 0 Å². The lowest BCUT2D eigenvalue weighted by molar-refractivity contribution is 0.0857. The zero-order chi connectivity index (χ0) is 20.4. The lowest BCUT2D eigenvalue weighted by Gasteiger charge is -2.39. The number of carbonyl (C=O) groups is 1. The monoisotopic (exact) mass is 411 g/mol. The topological polar surface area (TPSA) is 73.9 Å². The predicted octanol–water partition coefficient (Wildman–Crippen LogP) is 4.27. The van der Waals surface area contributed by atoms with E-state index < -0.39 is 0 Å². The van der Waals surface area contributed by atoms with E-state index in [1.54, 1.807) is 6.07 Å². The fourth-order valence-electron chi connectivity index (χ4n) is 4.14. The first-order chi connectivity index (χ1) is 14.0. The van der Waals surface area contributed by atoms with Crippen LogP contribution in [0.25, 0.3) is 10.9 Å². The van der Waals surface area contributed by atoms with Crippen LogP contribution in [0, 0.1) is 6.92 Å². The second kappa shape index (κ2) is 8.51. The molecule has 6 nitrogen and oxygen atoms in total. The molecule has 0 bridgehead atoms. The van der Waals surface area contributed by atoms with E-state index >= 15 is 0 Å². The van der Waals surface area contributed by atoms with Gasteiger partial charge in [-0.25, -0.2) is 9.97 Å². The highest BCUT2D eigenvalue weighted by molar-refractivity contribution is 6.38. The van der Waals surface area contributed by atoms with Crippen LogP contribution < -0.4 is 5.32 Å². The Morgan fingerprint density at radius 3 is 2.86 bits per heavy atom. The molecule has 7 heteroatoms. The summed E-state index contributed by atoms with van der Waals surface area (Å²) in [6, 6.07) is 6.02. The molecule has 0 radical (unpaired) electrons. The third-order valence-corrected chi connectivity index (χ3v) is 6.22. The van der Waals surface area contributed by atoms with Gasteiger partial charge >= 0.3 is 0 Å². The number of nitrogens with one attached hydrogen (secondary N) is 2. The van der Waals surface area contributed by atoms with Crippen molar-refractivity contribution in [3.8, 4) is 0 Å². The number of piperidine rings is 1. The van der Waals surface area contributed by atoms with Gasteiger partial charge in [0, 0.05) is 47.6 Å². The summed E-state index contributed by atoms with van der Waals surface area (Å²) in [4.78, 5) is 27.2. The first-order valence-electron chi connectivity index (χ1n) is 10.1. The summed E-state index contributed by atoms with van der Waals surface area (Å²) < 4.78 is 0. The Hall–Kier alpha value is -2.44. The van der Waals surface area contributed by atoms with Gasteiger partial charge in [0.2, 0.25) is 0 Å². The number of aromatic nitrogens is 3. The zero-order valence-electron chi connectivity index (χ0n) is 16.8. The van der Waals surface area contributed by atoms with Gasteiger partial charge in [0.05, 0.1) is 16.6 Å². The molecule has 2 atom stereocenters. The number of likely N-dealkylation sites (tertiary alicyclic amines) is 1. The van der Waals surface area contributed by atoms with Gasteiger partial charge < -0.3 is 10.3 Å². The fourth-order valence-corrected chi connectivity index (χ4v) is 4.45. The molecule has 1 aliphatic rings. The van der Waals surface area contributed by atoms with Gasteiger partial charge in [-0.1, -0.05) is 18.0 Å². The minimum absolute atomic E-state index is 0.0321. The number of hydrogen-bond donors (Lipinski definition) is 2. The Bertz CT molecular complexity index is 1000. The first-order valence-corrected chi connectivity index (χ1v) is 10.5. The molecule has 29 heavy (non-hydrogen) atoms. The maximum atomic E-state index is 12.9. The summed E-state index contributed by atoms with van der Waals surface area (Å²) >= 11 is 6.49. The molecule has 1 unspecified atom stereocenters. The molecule has 1 fully saturated rings. The third kappa shape index (κ3) is 4.14. The van der Waals surface area contributed by atoms with E-state index in [1.165, 1.54) is 6.42 Å². The second-order valence-electron chi connectivity index (χ2n) is 7.74. The molecule has 152 valence electrons. The van der Waals surface area contributed by atoms with Gasteiger partial charge in [0.1, 0.15) is 5.82 Å². The number of H-pyrrole nitrogens is 1. The number of aromatic amines is 1. The van der Waals surface area contributed by atoms with Crippen molar-refractivity contribution < 1.29 is 4.79 Å². The number of carbonyl (C=O) groups excluding carboxylic acids is 1. The lowest BCUT2D eigenvalue weighted by atomic mass is 9.98. The van der Waals surface area contributed by atoms with Crippen LogP contribution in [-0.4, -0.2) is 44.9 Å². The van der Waals surface area contributed by atoms with Crippen LogP contribution in [0.1, 0.15) is 54.0 Å². The molecule has 1 aromatic carbocycles. The van der Waals surface area contributed by atoms with Gasteiger partial charge in [-0.2, -0.15) is 0 Å². The highest BCUT2D eigenvalue weighted by Gasteiger charge is 2.28. The largest absolute Gasteiger partial charge is 0.361 e. The summed E-state index contributed by atoms with van der Waals surface area (Å²) in [5.74, 6) is 0.579. The summed E-state index contributed by atoms with van der Waals surface area (Å²) in [6.45, 7) is 5.62. The van der Waals surface area contributed by atoms with Crippen molar-refractivity contribution in [2.24, 2.45) is 0 Å². The van der Waals surface area contributed by atoms with Gasteiger partial charge in [-0.3, -0.25) is 9.69 Å². The number of rotatable bonds is 5. The maximum Gasteiger partial charge on any atom is 0.252 e. The summed E-state index contributed by atoms with van der Waals surface area (Å²) in [6.07, 6.45) is 9.14. The number of aryl methyl sites for hydroxylation is 1. The number of benzene rings is 1. The molecule has 0 aliphatic carbocycles. The van der Waals surface area contributed by atoms with Crippen molar-refractivity contribution in [1.29, 1.82) is 0 Å². The SMILES string of the molecule is Cc1ncc([C@H](CNC(=O)c2ccc3[nH]ccc3c2Cl)N2CCCCC2C)cn1. The number of hydrogen-bond acceptors (Lipinski definition) is 4. The summed E-state index contributed by atoms with van der Waals surface area (Å²) in [5.41, 5.74) is 2.43.